The van der Waals surface area contributed by atoms with Crippen LogP contribution in [-0.4, -0.2) is 47.4 Å². The Bertz CT molecular complexity index is 685. The number of amides is 1. The van der Waals surface area contributed by atoms with Crippen LogP contribution in [-0.2, 0) is 9.53 Å². The first kappa shape index (κ1) is 15.5. The molecule has 0 unspecified atom stereocenters. The minimum absolute atomic E-state index is 0.0347. The van der Waals surface area contributed by atoms with E-state index in [1.165, 1.54) is 0 Å². The van der Waals surface area contributed by atoms with Gasteiger partial charge in [-0.1, -0.05) is 12.1 Å². The van der Waals surface area contributed by atoms with Gasteiger partial charge in [-0.25, -0.2) is 0 Å². The van der Waals surface area contributed by atoms with Crippen LogP contribution in [0.3, 0.4) is 0 Å². The monoisotopic (exact) mass is 317 g/mol. The zero-order valence-corrected chi connectivity index (χ0v) is 13.2. The molecular weight excluding hydrogens is 298 g/mol. The molecule has 7 nitrogen and oxygen atoms in total. The fourth-order valence-electron chi connectivity index (χ4n) is 2.49. The predicted octanol–water partition coefficient (Wildman–Crippen LogP) is 1.67. The summed E-state index contributed by atoms with van der Waals surface area (Å²) in [6, 6.07) is 7.24. The number of morpholine rings is 1. The van der Waals surface area contributed by atoms with Crippen LogP contribution < -0.4 is 4.74 Å². The van der Waals surface area contributed by atoms with E-state index in [-0.39, 0.29) is 18.6 Å². The van der Waals surface area contributed by atoms with Gasteiger partial charge in [-0.05, 0) is 24.6 Å². The van der Waals surface area contributed by atoms with E-state index in [1.807, 2.05) is 31.2 Å². The maximum Gasteiger partial charge on any atom is 0.261 e. The second kappa shape index (κ2) is 6.78. The average Bonchev–Trinajstić information content (AvgIpc) is 2.99. The van der Waals surface area contributed by atoms with Crippen LogP contribution in [0.2, 0.25) is 0 Å². The third kappa shape index (κ3) is 3.68. The number of nitrogens with zero attached hydrogens (tertiary/aromatic N) is 3. The van der Waals surface area contributed by atoms with Crippen molar-refractivity contribution in [3.8, 4) is 5.75 Å². The summed E-state index contributed by atoms with van der Waals surface area (Å²) in [5.74, 6) is 1.41. The number of carbonyl (C=O) groups is 1. The van der Waals surface area contributed by atoms with Crippen LogP contribution in [0.15, 0.2) is 28.7 Å². The molecule has 3 rings (SSSR count). The van der Waals surface area contributed by atoms with E-state index in [2.05, 4.69) is 10.2 Å². The maximum absolute atomic E-state index is 12.5. The smallest absolute Gasteiger partial charge is 0.261 e. The minimum atomic E-state index is -0.362. The Morgan fingerprint density at radius 1 is 1.39 bits per heavy atom. The van der Waals surface area contributed by atoms with Crippen LogP contribution in [0.1, 0.15) is 23.4 Å². The second-order valence-electron chi connectivity index (χ2n) is 5.44. The second-order valence-corrected chi connectivity index (χ2v) is 5.44. The Kier molecular flexibility index (Phi) is 4.57. The van der Waals surface area contributed by atoms with Crippen molar-refractivity contribution in [1.82, 2.24) is 15.1 Å². The molecule has 1 aromatic carbocycles. The normalized spacial score (nSPS) is 18.0. The number of carbonyl (C=O) groups excluding carboxylic acids is 1. The summed E-state index contributed by atoms with van der Waals surface area (Å²) in [5, 5.41) is 7.82. The van der Waals surface area contributed by atoms with Crippen molar-refractivity contribution in [3.05, 3.63) is 41.6 Å². The Morgan fingerprint density at radius 3 is 3.00 bits per heavy atom. The summed E-state index contributed by atoms with van der Waals surface area (Å²) >= 11 is 0. The number of aryl methyl sites for hydroxylation is 2. The molecule has 0 bridgehead atoms. The van der Waals surface area contributed by atoms with Gasteiger partial charge in [0, 0.05) is 13.5 Å². The van der Waals surface area contributed by atoms with Gasteiger partial charge in [0.25, 0.3) is 5.91 Å². The minimum Gasteiger partial charge on any atom is -0.484 e. The first-order chi connectivity index (χ1) is 11.1. The van der Waals surface area contributed by atoms with E-state index < -0.39 is 0 Å². The summed E-state index contributed by atoms with van der Waals surface area (Å²) in [6.07, 6.45) is 0. The van der Waals surface area contributed by atoms with E-state index >= 15 is 0 Å². The molecule has 1 atom stereocenters. The fourth-order valence-corrected chi connectivity index (χ4v) is 2.49. The fraction of sp³-hybridized carbons (Fsp3) is 0.438. The lowest BCUT2D eigenvalue weighted by Crippen LogP contribution is -2.45. The van der Waals surface area contributed by atoms with Crippen LogP contribution in [0.4, 0.5) is 0 Å². The highest BCUT2D eigenvalue weighted by Crippen LogP contribution is 2.23. The Balaban J connectivity index is 1.66. The third-order valence-corrected chi connectivity index (χ3v) is 3.63. The van der Waals surface area contributed by atoms with Gasteiger partial charge in [-0.2, -0.15) is 0 Å². The molecule has 1 amide bonds. The largest absolute Gasteiger partial charge is 0.484 e. The first-order valence-electron chi connectivity index (χ1n) is 7.50. The lowest BCUT2D eigenvalue weighted by molar-refractivity contribution is -0.143. The van der Waals surface area contributed by atoms with Crippen molar-refractivity contribution in [1.29, 1.82) is 0 Å². The Hall–Kier alpha value is -2.41. The predicted molar refractivity (Wildman–Crippen MR) is 81.0 cm³/mol. The highest BCUT2D eigenvalue weighted by Gasteiger charge is 2.32. The molecule has 0 spiro atoms. The zero-order chi connectivity index (χ0) is 16.2. The molecule has 122 valence electrons. The number of benzene rings is 1. The molecule has 0 radical (unpaired) electrons. The molecule has 1 aliphatic rings. The van der Waals surface area contributed by atoms with E-state index in [9.17, 15) is 4.79 Å². The van der Waals surface area contributed by atoms with Crippen molar-refractivity contribution in [2.75, 3.05) is 26.4 Å². The van der Waals surface area contributed by atoms with E-state index in [0.717, 1.165) is 5.56 Å². The first-order valence-corrected chi connectivity index (χ1v) is 7.50. The number of aromatic nitrogens is 2. The molecule has 2 heterocycles. The summed E-state index contributed by atoms with van der Waals surface area (Å²) in [7, 11) is 0. The number of rotatable bonds is 4. The number of hydrogen-bond acceptors (Lipinski definition) is 6. The number of ether oxygens (including phenoxy) is 2. The Morgan fingerprint density at radius 2 is 2.26 bits per heavy atom. The van der Waals surface area contributed by atoms with Gasteiger partial charge in [0.2, 0.25) is 11.8 Å². The van der Waals surface area contributed by atoms with Crippen molar-refractivity contribution < 1.29 is 18.7 Å². The number of hydrogen-bond donors (Lipinski definition) is 0. The zero-order valence-electron chi connectivity index (χ0n) is 13.2. The molecule has 0 N–H and O–H groups in total. The van der Waals surface area contributed by atoms with E-state index in [0.29, 0.717) is 37.3 Å². The molecule has 1 fully saturated rings. The molecule has 23 heavy (non-hydrogen) atoms. The van der Waals surface area contributed by atoms with Crippen molar-refractivity contribution in [2.24, 2.45) is 0 Å². The molecule has 1 aliphatic heterocycles. The third-order valence-electron chi connectivity index (χ3n) is 3.63. The summed E-state index contributed by atoms with van der Waals surface area (Å²) in [5.41, 5.74) is 1.08. The highest BCUT2D eigenvalue weighted by atomic mass is 16.5. The van der Waals surface area contributed by atoms with Gasteiger partial charge < -0.3 is 18.8 Å². The molecular formula is C16H19N3O4. The van der Waals surface area contributed by atoms with Gasteiger partial charge >= 0.3 is 0 Å². The quantitative estimate of drug-likeness (QED) is 0.853. The molecule has 2 aromatic rings. The van der Waals surface area contributed by atoms with E-state index in [4.69, 9.17) is 13.9 Å². The lowest BCUT2D eigenvalue weighted by atomic mass is 10.2. The average molecular weight is 317 g/mol. The molecule has 0 saturated carbocycles. The molecule has 7 heteroatoms. The lowest BCUT2D eigenvalue weighted by Gasteiger charge is -2.33. The van der Waals surface area contributed by atoms with Gasteiger partial charge in [0.1, 0.15) is 11.8 Å². The standard InChI is InChI=1S/C16H19N3O4/c1-11-4-3-5-13(8-11)22-10-15(20)19-6-7-21-9-14(19)16-18-17-12(2)23-16/h3-5,8,14H,6-7,9-10H2,1-2H3/t14-/m1/s1. The van der Waals surface area contributed by atoms with E-state index in [1.54, 1.807) is 11.8 Å². The molecule has 0 aliphatic carbocycles. The van der Waals surface area contributed by atoms with Crippen molar-refractivity contribution in [3.63, 3.8) is 0 Å². The van der Waals surface area contributed by atoms with Gasteiger partial charge in [-0.3, -0.25) is 4.79 Å². The highest BCUT2D eigenvalue weighted by molar-refractivity contribution is 5.78. The summed E-state index contributed by atoms with van der Waals surface area (Å²) in [4.78, 5) is 14.2. The van der Waals surface area contributed by atoms with Gasteiger partial charge in [-0.15, -0.1) is 10.2 Å². The molecule has 1 saturated heterocycles. The van der Waals surface area contributed by atoms with Crippen molar-refractivity contribution in [2.45, 2.75) is 19.9 Å². The van der Waals surface area contributed by atoms with Crippen LogP contribution >= 0.6 is 0 Å². The topological polar surface area (TPSA) is 77.7 Å². The van der Waals surface area contributed by atoms with Gasteiger partial charge in [0.05, 0.1) is 13.2 Å². The molecule has 1 aromatic heterocycles. The SMILES string of the molecule is Cc1cccc(OCC(=O)N2CCOC[C@@H]2c2nnc(C)o2)c1. The summed E-state index contributed by atoms with van der Waals surface area (Å²) < 4.78 is 16.5. The van der Waals surface area contributed by atoms with Gasteiger partial charge in [0.15, 0.2) is 6.61 Å². The summed E-state index contributed by atoms with van der Waals surface area (Å²) in [6.45, 7) is 4.96. The van der Waals surface area contributed by atoms with Crippen LogP contribution in [0.25, 0.3) is 0 Å². The maximum atomic E-state index is 12.5. The van der Waals surface area contributed by atoms with Crippen LogP contribution in [0.5, 0.6) is 5.75 Å². The van der Waals surface area contributed by atoms with Crippen LogP contribution in [0, 0.1) is 13.8 Å². The Labute approximate surface area is 134 Å². The van der Waals surface area contributed by atoms with Crippen molar-refractivity contribution >= 4 is 5.91 Å².